The number of hydrogen-bond acceptors (Lipinski definition) is 7. The van der Waals surface area contributed by atoms with Gasteiger partial charge >= 0.3 is 13.8 Å². The summed E-state index contributed by atoms with van der Waals surface area (Å²) in [5, 5.41) is 12.7. The SMILES string of the molecule is CC/C=C\C/C=C\C/C=C\C/C=C\C/C=C\C/C=C\C/C=C\CCCC(=O)OCC(O)COP(=O)(O)OCCNC(=O)CCCCCCC/C=C\CCCCC. The zero-order chi connectivity index (χ0) is 41.1. The molecule has 56 heavy (non-hydrogen) atoms. The van der Waals surface area contributed by atoms with Crippen LogP contribution in [-0.2, 0) is 27.9 Å². The number of unbranched alkanes of at least 4 members (excludes halogenated alkanes) is 9. The second-order valence-electron chi connectivity index (χ2n) is 13.6. The molecule has 0 aromatic carbocycles. The van der Waals surface area contributed by atoms with Crippen molar-refractivity contribution in [3.63, 3.8) is 0 Å². The molecule has 0 aromatic rings. The number of nitrogens with one attached hydrogen (secondary N) is 1. The van der Waals surface area contributed by atoms with Crippen molar-refractivity contribution >= 4 is 19.7 Å². The highest BCUT2D eigenvalue weighted by atomic mass is 31.2. The standard InChI is InChI=1S/C46H76NO8P/c1-3-5-7-9-11-13-15-17-18-19-20-21-22-23-24-25-26-27-29-31-33-35-37-39-46(50)53-42-44(48)43-55-56(51,52)54-41-40-47-45(49)38-36-34-32-30-28-16-14-12-10-8-6-4-2/h5,7,11-14,17-18,20-21,23-24,26-27,31,33,44,48H,3-4,6,8-10,15-16,19,22,25,28-30,32,34-43H2,1-2H3,(H,47,49)(H,51,52)/b7-5-,13-11-,14-12-,18-17-,21-20-,24-23-,27-26-,33-31-. The van der Waals surface area contributed by atoms with Crippen molar-refractivity contribution < 1.29 is 37.9 Å². The van der Waals surface area contributed by atoms with Gasteiger partial charge in [0.25, 0.3) is 0 Å². The minimum absolute atomic E-state index is 0.0647. The molecule has 318 valence electrons. The second kappa shape index (κ2) is 41.6. The topological polar surface area (TPSA) is 131 Å². The average molecular weight is 802 g/mol. The molecule has 2 unspecified atom stereocenters. The number of ether oxygens (including phenoxy) is 1. The summed E-state index contributed by atoms with van der Waals surface area (Å²) < 4.78 is 26.8. The largest absolute Gasteiger partial charge is 0.472 e. The Morgan fingerprint density at radius 1 is 0.571 bits per heavy atom. The average Bonchev–Trinajstić information content (AvgIpc) is 3.18. The number of phosphoric ester groups is 1. The number of rotatable bonds is 38. The highest BCUT2D eigenvalue weighted by Gasteiger charge is 2.23. The molecule has 0 heterocycles. The summed E-state index contributed by atoms with van der Waals surface area (Å²) >= 11 is 0. The van der Waals surface area contributed by atoms with Gasteiger partial charge in [-0.25, -0.2) is 4.57 Å². The Kier molecular flexibility index (Phi) is 39.3. The number of carbonyl (C=O) groups is 2. The van der Waals surface area contributed by atoms with Crippen LogP contribution in [0.2, 0.25) is 0 Å². The molecule has 0 spiro atoms. The lowest BCUT2D eigenvalue weighted by Crippen LogP contribution is -2.27. The zero-order valence-electron chi connectivity index (χ0n) is 34.8. The van der Waals surface area contributed by atoms with Crippen molar-refractivity contribution in [3.8, 4) is 0 Å². The van der Waals surface area contributed by atoms with E-state index < -0.39 is 26.5 Å². The Balaban J connectivity index is 3.76. The summed E-state index contributed by atoms with van der Waals surface area (Å²) in [5.41, 5.74) is 0. The highest BCUT2D eigenvalue weighted by molar-refractivity contribution is 7.47. The van der Waals surface area contributed by atoms with Crippen molar-refractivity contribution in [2.45, 2.75) is 155 Å². The first-order valence-electron chi connectivity index (χ1n) is 21.2. The summed E-state index contributed by atoms with van der Waals surface area (Å²) in [7, 11) is -4.44. The predicted molar refractivity (Wildman–Crippen MR) is 233 cm³/mol. The summed E-state index contributed by atoms with van der Waals surface area (Å²) in [6, 6.07) is 0. The Morgan fingerprint density at radius 2 is 1.04 bits per heavy atom. The fourth-order valence-electron chi connectivity index (χ4n) is 5.07. The van der Waals surface area contributed by atoms with Crippen molar-refractivity contribution in [3.05, 3.63) is 97.2 Å². The first kappa shape index (κ1) is 52.9. The number of aliphatic hydroxyl groups excluding tert-OH is 1. The van der Waals surface area contributed by atoms with Crippen LogP contribution in [0.15, 0.2) is 97.2 Å². The minimum Gasteiger partial charge on any atom is -0.463 e. The summed E-state index contributed by atoms with van der Waals surface area (Å²) in [6.07, 6.45) is 53.4. The number of amides is 1. The second-order valence-corrected chi connectivity index (χ2v) is 15.0. The van der Waals surface area contributed by atoms with Gasteiger partial charge in [0.15, 0.2) is 0 Å². The van der Waals surface area contributed by atoms with E-state index >= 15 is 0 Å². The number of hydrogen-bond donors (Lipinski definition) is 3. The third kappa shape index (κ3) is 42.1. The maximum absolute atomic E-state index is 12.1. The van der Waals surface area contributed by atoms with Crippen molar-refractivity contribution in [1.82, 2.24) is 5.32 Å². The molecule has 0 rings (SSSR count). The maximum Gasteiger partial charge on any atom is 0.472 e. The molecule has 0 aliphatic heterocycles. The Morgan fingerprint density at radius 3 is 1.59 bits per heavy atom. The maximum atomic E-state index is 12.1. The smallest absolute Gasteiger partial charge is 0.463 e. The first-order valence-corrected chi connectivity index (χ1v) is 22.7. The van der Waals surface area contributed by atoms with Crippen molar-refractivity contribution in [2.75, 3.05) is 26.4 Å². The van der Waals surface area contributed by atoms with E-state index in [0.29, 0.717) is 12.8 Å². The van der Waals surface area contributed by atoms with E-state index in [9.17, 15) is 24.2 Å². The molecule has 0 saturated heterocycles. The molecule has 0 radical (unpaired) electrons. The molecule has 0 bridgehead atoms. The van der Waals surface area contributed by atoms with Crippen LogP contribution in [0.25, 0.3) is 0 Å². The highest BCUT2D eigenvalue weighted by Crippen LogP contribution is 2.42. The van der Waals surface area contributed by atoms with Gasteiger partial charge < -0.3 is 20.1 Å². The Hall–Kier alpha value is -3.07. The number of carbonyl (C=O) groups excluding carboxylic acids is 2. The van der Waals surface area contributed by atoms with Crippen LogP contribution in [0.1, 0.15) is 149 Å². The van der Waals surface area contributed by atoms with Crippen LogP contribution in [-0.4, -0.2) is 54.3 Å². The van der Waals surface area contributed by atoms with Gasteiger partial charge in [0.1, 0.15) is 12.7 Å². The van der Waals surface area contributed by atoms with Gasteiger partial charge in [0.2, 0.25) is 5.91 Å². The molecule has 9 nitrogen and oxygen atoms in total. The lowest BCUT2D eigenvalue weighted by Gasteiger charge is -2.15. The van der Waals surface area contributed by atoms with Crippen LogP contribution in [0.5, 0.6) is 0 Å². The lowest BCUT2D eigenvalue weighted by atomic mass is 10.1. The van der Waals surface area contributed by atoms with Gasteiger partial charge in [-0.3, -0.25) is 18.6 Å². The first-order chi connectivity index (χ1) is 27.3. The molecule has 0 aliphatic rings. The van der Waals surface area contributed by atoms with Gasteiger partial charge in [0, 0.05) is 19.4 Å². The third-order valence-electron chi connectivity index (χ3n) is 8.25. The van der Waals surface area contributed by atoms with Crippen LogP contribution < -0.4 is 5.32 Å². The quantitative estimate of drug-likeness (QED) is 0.0243. The molecule has 2 atom stereocenters. The van der Waals surface area contributed by atoms with Gasteiger partial charge in [-0.1, -0.05) is 143 Å². The van der Waals surface area contributed by atoms with E-state index in [1.54, 1.807) is 0 Å². The van der Waals surface area contributed by atoms with Gasteiger partial charge in [-0.15, -0.1) is 0 Å². The number of allylic oxidation sites excluding steroid dienone is 16. The van der Waals surface area contributed by atoms with E-state index in [-0.39, 0.29) is 32.1 Å². The zero-order valence-corrected chi connectivity index (χ0v) is 35.7. The van der Waals surface area contributed by atoms with E-state index in [1.165, 1.54) is 32.1 Å². The molecular formula is C46H76NO8P. The Bertz CT molecular complexity index is 1230. The third-order valence-corrected chi connectivity index (χ3v) is 9.23. The molecule has 1 amide bonds. The van der Waals surface area contributed by atoms with E-state index in [2.05, 4.69) is 110 Å². The number of esters is 1. The van der Waals surface area contributed by atoms with Crippen LogP contribution >= 0.6 is 7.82 Å². The monoisotopic (exact) mass is 802 g/mol. The van der Waals surface area contributed by atoms with Crippen LogP contribution in [0, 0.1) is 0 Å². The Labute approximate surface area is 340 Å². The fourth-order valence-corrected chi connectivity index (χ4v) is 5.82. The summed E-state index contributed by atoms with van der Waals surface area (Å²) in [5.74, 6) is -0.596. The predicted octanol–water partition coefficient (Wildman–Crippen LogP) is 11.8. The molecule has 0 aromatic heterocycles. The van der Waals surface area contributed by atoms with Crippen LogP contribution in [0.4, 0.5) is 0 Å². The molecule has 10 heteroatoms. The van der Waals surface area contributed by atoms with E-state index in [4.69, 9.17) is 13.8 Å². The summed E-state index contributed by atoms with van der Waals surface area (Å²) in [4.78, 5) is 33.8. The normalized spacial score (nSPS) is 14.3. The van der Waals surface area contributed by atoms with E-state index in [0.717, 1.165) is 83.5 Å². The lowest BCUT2D eigenvalue weighted by molar-refractivity contribution is -0.147. The fraction of sp³-hybridized carbons (Fsp3) is 0.609. The van der Waals surface area contributed by atoms with Gasteiger partial charge in [-0.05, 0) is 89.9 Å². The van der Waals surface area contributed by atoms with E-state index in [1.807, 2.05) is 6.08 Å². The minimum atomic E-state index is -4.44. The molecule has 3 N–H and O–H groups in total. The summed E-state index contributed by atoms with van der Waals surface area (Å²) in [6.45, 7) is 3.31. The van der Waals surface area contributed by atoms with Crippen molar-refractivity contribution in [2.24, 2.45) is 0 Å². The molecule has 0 saturated carbocycles. The molecule has 0 aliphatic carbocycles. The molecule has 0 fully saturated rings. The number of aliphatic hydroxyl groups is 1. The number of phosphoric acid groups is 1. The van der Waals surface area contributed by atoms with Crippen LogP contribution in [0.3, 0.4) is 0 Å². The van der Waals surface area contributed by atoms with Gasteiger partial charge in [0.05, 0.1) is 13.2 Å². The van der Waals surface area contributed by atoms with Crippen molar-refractivity contribution in [1.29, 1.82) is 0 Å². The van der Waals surface area contributed by atoms with Gasteiger partial charge in [-0.2, -0.15) is 0 Å². The molecular weight excluding hydrogens is 725 g/mol.